The van der Waals surface area contributed by atoms with Crippen LogP contribution < -0.4 is 16.5 Å². The van der Waals surface area contributed by atoms with Gasteiger partial charge in [-0.05, 0) is 18.9 Å². The van der Waals surface area contributed by atoms with Gasteiger partial charge in [0.1, 0.15) is 0 Å². The van der Waals surface area contributed by atoms with Crippen molar-refractivity contribution in [3.8, 4) is 0 Å². The Bertz CT molecular complexity index is 469. The third-order valence-electron chi connectivity index (χ3n) is 2.10. The monoisotopic (exact) mass is 199 g/mol. The van der Waals surface area contributed by atoms with Gasteiger partial charge in [0.25, 0.3) is 0 Å². The van der Waals surface area contributed by atoms with Crippen LogP contribution in [0.1, 0.15) is 12.8 Å². The van der Waals surface area contributed by atoms with Crippen LogP contribution in [0.25, 0.3) is 12.2 Å². The molecule has 70 valence electrons. The normalized spacial score (nSPS) is 14.5. The summed E-state index contributed by atoms with van der Waals surface area (Å²) in [5.74, 6) is 0.125. The first-order valence-corrected chi connectivity index (χ1v) is 4.82. The van der Waals surface area contributed by atoms with E-state index in [-0.39, 0.29) is 5.76 Å². The molecule has 0 saturated carbocycles. The van der Waals surface area contributed by atoms with Crippen molar-refractivity contribution in [2.45, 2.75) is 19.4 Å². The van der Waals surface area contributed by atoms with Crippen molar-refractivity contribution < 1.29 is 4.42 Å². The van der Waals surface area contributed by atoms with Crippen LogP contribution in [0.3, 0.4) is 0 Å². The van der Waals surface area contributed by atoms with Gasteiger partial charge in [-0.2, -0.15) is 0 Å². The SMILES string of the molecule is O=c1oc2c(n1CCCl)=CCCC=2. The van der Waals surface area contributed by atoms with Crippen LogP contribution >= 0.6 is 11.6 Å². The van der Waals surface area contributed by atoms with E-state index in [0.29, 0.717) is 17.8 Å². The molecule has 4 heteroatoms. The molecule has 1 aliphatic carbocycles. The zero-order valence-corrected chi connectivity index (χ0v) is 7.88. The summed E-state index contributed by atoms with van der Waals surface area (Å²) >= 11 is 5.58. The molecular weight excluding hydrogens is 190 g/mol. The maximum Gasteiger partial charge on any atom is 0.419 e. The highest BCUT2D eigenvalue weighted by atomic mass is 35.5. The Labute approximate surface area is 79.9 Å². The molecule has 2 rings (SSSR count). The van der Waals surface area contributed by atoms with E-state index in [4.69, 9.17) is 16.0 Å². The summed E-state index contributed by atoms with van der Waals surface area (Å²) in [4.78, 5) is 11.3. The highest BCUT2D eigenvalue weighted by molar-refractivity contribution is 6.17. The second kappa shape index (κ2) is 3.42. The van der Waals surface area contributed by atoms with E-state index >= 15 is 0 Å². The fourth-order valence-electron chi connectivity index (χ4n) is 1.52. The number of aromatic nitrogens is 1. The van der Waals surface area contributed by atoms with Crippen molar-refractivity contribution in [3.05, 3.63) is 21.3 Å². The maximum absolute atomic E-state index is 11.3. The van der Waals surface area contributed by atoms with Crippen molar-refractivity contribution >= 4 is 23.8 Å². The third-order valence-corrected chi connectivity index (χ3v) is 2.27. The van der Waals surface area contributed by atoms with Crippen LogP contribution in [-0.4, -0.2) is 10.4 Å². The second-order valence-corrected chi connectivity index (χ2v) is 3.32. The van der Waals surface area contributed by atoms with Crippen molar-refractivity contribution in [3.63, 3.8) is 0 Å². The number of hydrogen-bond donors (Lipinski definition) is 0. The second-order valence-electron chi connectivity index (χ2n) is 2.94. The first-order valence-electron chi connectivity index (χ1n) is 4.29. The smallest absolute Gasteiger partial charge is 0.408 e. The minimum Gasteiger partial charge on any atom is -0.408 e. The van der Waals surface area contributed by atoms with Crippen LogP contribution in [0.2, 0.25) is 0 Å². The average Bonchev–Trinajstić information content (AvgIpc) is 2.44. The predicted octanol–water partition coefficient (Wildman–Crippen LogP) is 0.0349. The molecule has 0 amide bonds. The first kappa shape index (κ1) is 8.63. The lowest BCUT2D eigenvalue weighted by atomic mass is 10.2. The van der Waals surface area contributed by atoms with Gasteiger partial charge >= 0.3 is 5.76 Å². The molecule has 3 nitrogen and oxygen atoms in total. The number of oxazole rings is 1. The molecule has 0 fully saturated rings. The van der Waals surface area contributed by atoms with Gasteiger partial charge < -0.3 is 4.42 Å². The molecule has 0 radical (unpaired) electrons. The molecule has 0 atom stereocenters. The van der Waals surface area contributed by atoms with E-state index in [1.807, 2.05) is 12.2 Å². The summed E-state index contributed by atoms with van der Waals surface area (Å²) in [6.45, 7) is 0.517. The summed E-state index contributed by atoms with van der Waals surface area (Å²) < 4.78 is 6.63. The van der Waals surface area contributed by atoms with Crippen LogP contribution in [-0.2, 0) is 6.54 Å². The minimum atomic E-state index is -0.306. The van der Waals surface area contributed by atoms with Gasteiger partial charge in [-0.3, -0.25) is 4.57 Å². The molecule has 1 heterocycles. The van der Waals surface area contributed by atoms with Gasteiger partial charge in [-0.15, -0.1) is 11.6 Å². The standard InChI is InChI=1S/C9H10ClNO2/c10-5-6-11-7-3-1-2-4-8(7)13-9(11)12/h3-4H,1-2,5-6H2. The molecule has 1 aromatic heterocycles. The lowest BCUT2D eigenvalue weighted by Crippen LogP contribution is -2.33. The molecule has 13 heavy (non-hydrogen) atoms. The number of hydrogen-bond acceptors (Lipinski definition) is 2. The maximum atomic E-state index is 11.3. The highest BCUT2D eigenvalue weighted by Crippen LogP contribution is 1.93. The predicted molar refractivity (Wildman–Crippen MR) is 51.1 cm³/mol. The average molecular weight is 200 g/mol. The zero-order valence-electron chi connectivity index (χ0n) is 7.12. The summed E-state index contributed by atoms with van der Waals surface area (Å²) in [6, 6.07) is 0. The van der Waals surface area contributed by atoms with Gasteiger partial charge in [-0.1, -0.05) is 6.08 Å². The number of fused-ring (bicyclic) bond motifs is 1. The molecule has 0 aromatic carbocycles. The molecule has 0 N–H and O–H groups in total. The van der Waals surface area contributed by atoms with E-state index in [0.717, 1.165) is 18.2 Å². The molecule has 1 aliphatic rings. The van der Waals surface area contributed by atoms with Gasteiger partial charge in [0.05, 0.1) is 5.35 Å². The zero-order chi connectivity index (χ0) is 9.26. The quantitative estimate of drug-likeness (QED) is 0.631. The molecule has 0 saturated heterocycles. The van der Waals surface area contributed by atoms with E-state index in [1.54, 1.807) is 4.57 Å². The lowest BCUT2D eigenvalue weighted by Gasteiger charge is -1.97. The molecular formula is C9H10ClNO2. The Morgan fingerprint density at radius 2 is 2.23 bits per heavy atom. The summed E-state index contributed by atoms with van der Waals surface area (Å²) in [5.41, 5.74) is 0.696. The number of halogens is 1. The molecule has 0 bridgehead atoms. The fraction of sp³-hybridized carbons (Fsp3) is 0.444. The summed E-state index contributed by atoms with van der Waals surface area (Å²) in [7, 11) is 0. The Morgan fingerprint density at radius 1 is 1.46 bits per heavy atom. The molecule has 0 aliphatic heterocycles. The van der Waals surface area contributed by atoms with Gasteiger partial charge in [0.2, 0.25) is 0 Å². The minimum absolute atomic E-state index is 0.306. The van der Waals surface area contributed by atoms with Gasteiger partial charge in [0, 0.05) is 12.4 Å². The molecule has 0 unspecified atom stereocenters. The van der Waals surface area contributed by atoms with Crippen molar-refractivity contribution in [2.75, 3.05) is 5.88 Å². The van der Waals surface area contributed by atoms with Crippen molar-refractivity contribution in [2.24, 2.45) is 0 Å². The molecule has 0 spiro atoms. The molecule has 1 aromatic rings. The topological polar surface area (TPSA) is 35.1 Å². The summed E-state index contributed by atoms with van der Waals surface area (Å²) in [5, 5.41) is 0.886. The third kappa shape index (κ3) is 1.44. The van der Waals surface area contributed by atoms with E-state index in [9.17, 15) is 4.79 Å². The Balaban J connectivity index is 2.70. The van der Waals surface area contributed by atoms with Crippen LogP contribution in [0.5, 0.6) is 0 Å². The van der Waals surface area contributed by atoms with E-state index in [2.05, 4.69) is 0 Å². The summed E-state index contributed by atoms with van der Waals surface area (Å²) in [6.07, 6.45) is 5.88. The van der Waals surface area contributed by atoms with Gasteiger partial charge in [-0.25, -0.2) is 4.79 Å². The van der Waals surface area contributed by atoms with Crippen molar-refractivity contribution in [1.82, 2.24) is 4.57 Å². The Morgan fingerprint density at radius 3 is 3.00 bits per heavy atom. The largest absolute Gasteiger partial charge is 0.419 e. The van der Waals surface area contributed by atoms with E-state index in [1.165, 1.54) is 0 Å². The number of nitrogens with zero attached hydrogens (tertiary/aromatic N) is 1. The van der Waals surface area contributed by atoms with Crippen molar-refractivity contribution in [1.29, 1.82) is 0 Å². The lowest BCUT2D eigenvalue weighted by molar-refractivity contribution is 0.461. The van der Waals surface area contributed by atoms with Crippen LogP contribution in [0.15, 0.2) is 9.21 Å². The van der Waals surface area contributed by atoms with Crippen LogP contribution in [0.4, 0.5) is 0 Å². The number of alkyl halides is 1. The number of rotatable bonds is 2. The van der Waals surface area contributed by atoms with E-state index < -0.39 is 0 Å². The first-order chi connectivity index (χ1) is 6.33. The van der Waals surface area contributed by atoms with Crippen LogP contribution in [0, 0.1) is 0 Å². The van der Waals surface area contributed by atoms with Gasteiger partial charge in [0.15, 0.2) is 5.42 Å². The fourth-order valence-corrected chi connectivity index (χ4v) is 1.69. The Hall–Kier alpha value is -0.960. The highest BCUT2D eigenvalue weighted by Gasteiger charge is 2.06. The Kier molecular flexibility index (Phi) is 2.27.